The molecule has 1 spiro atoms. The molecular formula is C45H55N3O11S. The fourth-order valence-corrected chi connectivity index (χ4v) is 12.6. The van der Waals surface area contributed by atoms with Crippen LogP contribution in [0.25, 0.3) is 0 Å². The quantitative estimate of drug-likeness (QED) is 0.117. The van der Waals surface area contributed by atoms with Crippen LogP contribution in [0.5, 0.6) is 40.2 Å². The zero-order valence-corrected chi connectivity index (χ0v) is 35.9. The fraction of sp³-hybridized carbons (Fsp3) is 0.556. The molecule has 14 nitrogen and oxygen atoms in total. The van der Waals surface area contributed by atoms with Crippen LogP contribution in [0.1, 0.15) is 107 Å². The third-order valence-electron chi connectivity index (χ3n) is 13.7. The molecule has 7 atom stereocenters. The van der Waals surface area contributed by atoms with Crippen LogP contribution in [0, 0.1) is 13.8 Å². The summed E-state index contributed by atoms with van der Waals surface area (Å²) in [4.78, 5) is 33.0. The van der Waals surface area contributed by atoms with Crippen LogP contribution in [-0.4, -0.2) is 102 Å². The average molecular weight is 846 g/mol. The van der Waals surface area contributed by atoms with Crippen molar-refractivity contribution in [1.82, 2.24) is 15.1 Å². The molecule has 3 aromatic carbocycles. The molecular weight excluding hydrogens is 791 g/mol. The van der Waals surface area contributed by atoms with Gasteiger partial charge in [0.05, 0.1) is 37.6 Å². The van der Waals surface area contributed by atoms with E-state index in [4.69, 9.17) is 28.4 Å². The number of nitrogens with one attached hydrogen (secondary N) is 1. The number of aromatic hydroxyl groups is 2. The number of phenolic OH excluding ortho intramolecular Hbond substituents is 2. The minimum atomic E-state index is -1.36. The number of ether oxygens (including phenoxy) is 6. The summed E-state index contributed by atoms with van der Waals surface area (Å²) in [7, 11) is 5.00. The summed E-state index contributed by atoms with van der Waals surface area (Å²) in [6, 6.07) is 3.17. The predicted octanol–water partition coefficient (Wildman–Crippen LogP) is 5.75. The van der Waals surface area contributed by atoms with Gasteiger partial charge in [-0.15, -0.1) is 11.8 Å². The van der Waals surface area contributed by atoms with Crippen LogP contribution in [0.3, 0.4) is 0 Å². The lowest BCUT2D eigenvalue weighted by molar-refractivity contribution is -0.186. The van der Waals surface area contributed by atoms with E-state index < -0.39 is 47.2 Å². The maximum atomic E-state index is 14.8. The van der Waals surface area contributed by atoms with E-state index >= 15 is 0 Å². The van der Waals surface area contributed by atoms with Gasteiger partial charge in [0.2, 0.25) is 6.79 Å². The zero-order valence-electron chi connectivity index (χ0n) is 35.1. The maximum absolute atomic E-state index is 14.8. The molecule has 0 saturated carbocycles. The third kappa shape index (κ3) is 6.20. The van der Waals surface area contributed by atoms with E-state index in [0.717, 1.165) is 42.4 Å². The molecule has 0 unspecified atom stereocenters. The summed E-state index contributed by atoms with van der Waals surface area (Å²) < 4.78 is 36.7. The summed E-state index contributed by atoms with van der Waals surface area (Å²) in [5.74, 6) is 1.24. The molecule has 2 saturated heterocycles. The number of benzene rings is 3. The first-order valence-electron chi connectivity index (χ1n) is 21.1. The summed E-state index contributed by atoms with van der Waals surface area (Å²) in [6.45, 7) is 6.14. The van der Waals surface area contributed by atoms with E-state index in [1.807, 2.05) is 31.9 Å². The van der Waals surface area contributed by atoms with Crippen LogP contribution in [0.15, 0.2) is 18.2 Å². The summed E-state index contributed by atoms with van der Waals surface area (Å²) in [5.41, 5.74) is 4.48. The number of hydrogen-bond donors (Lipinski definition) is 4. The number of rotatable bonds is 9. The number of phenols is 2. The number of nitrogens with zero attached hydrogens (tertiary/aromatic N) is 2. The van der Waals surface area contributed by atoms with Crippen LogP contribution in [0.2, 0.25) is 0 Å². The first-order chi connectivity index (χ1) is 28.9. The Kier molecular flexibility index (Phi) is 10.8. The summed E-state index contributed by atoms with van der Waals surface area (Å²) >= 11 is 1.49. The van der Waals surface area contributed by atoms with E-state index in [0.29, 0.717) is 76.6 Å². The van der Waals surface area contributed by atoms with Crippen molar-refractivity contribution in [2.75, 3.05) is 47.0 Å². The first-order valence-corrected chi connectivity index (χ1v) is 22.2. The second-order valence-electron chi connectivity index (χ2n) is 17.0. The van der Waals surface area contributed by atoms with E-state index in [2.05, 4.69) is 17.1 Å². The number of fused-ring (bicyclic) bond motifs is 9. The minimum Gasteiger partial charge on any atom is -0.504 e. The van der Waals surface area contributed by atoms with Crippen molar-refractivity contribution >= 4 is 23.7 Å². The molecule has 7 heterocycles. The van der Waals surface area contributed by atoms with Gasteiger partial charge in [0.1, 0.15) is 18.6 Å². The molecule has 3 aromatic rings. The van der Waals surface area contributed by atoms with Crippen molar-refractivity contribution in [3.05, 3.63) is 62.7 Å². The summed E-state index contributed by atoms with van der Waals surface area (Å²) in [6.07, 6.45) is 5.07. The van der Waals surface area contributed by atoms with Gasteiger partial charge in [0.25, 0.3) is 0 Å². The lowest BCUT2D eigenvalue weighted by atomic mass is 9.73. The molecule has 0 aliphatic carbocycles. The average Bonchev–Trinajstić information content (AvgIpc) is 3.72. The fourth-order valence-electron chi connectivity index (χ4n) is 10.9. The van der Waals surface area contributed by atoms with Gasteiger partial charge in [0.15, 0.2) is 40.0 Å². The van der Waals surface area contributed by atoms with E-state index in [9.17, 15) is 24.9 Å². The van der Waals surface area contributed by atoms with Gasteiger partial charge < -0.3 is 43.7 Å². The lowest BCUT2D eigenvalue weighted by Crippen LogP contribution is -2.70. The highest BCUT2D eigenvalue weighted by molar-refractivity contribution is 7.99. The predicted molar refractivity (Wildman–Crippen MR) is 222 cm³/mol. The van der Waals surface area contributed by atoms with Gasteiger partial charge in [-0.1, -0.05) is 38.7 Å². The lowest BCUT2D eigenvalue weighted by Gasteiger charge is -2.62. The molecule has 10 rings (SSSR count). The first kappa shape index (κ1) is 41.0. The van der Waals surface area contributed by atoms with Crippen LogP contribution >= 0.6 is 11.8 Å². The van der Waals surface area contributed by atoms with Gasteiger partial charge in [-0.2, -0.15) is 0 Å². The van der Waals surface area contributed by atoms with Crippen molar-refractivity contribution in [2.45, 2.75) is 113 Å². The number of carbonyl (C=O) groups is 2. The number of carbonyl (C=O) groups excluding carboxylic acids is 2. The summed E-state index contributed by atoms with van der Waals surface area (Å²) in [5, 5.41) is 38.6. The highest BCUT2D eigenvalue weighted by atomic mass is 32.2. The molecule has 4 N–H and O–H groups in total. The molecule has 7 aliphatic rings. The molecule has 60 heavy (non-hydrogen) atoms. The Morgan fingerprint density at radius 1 is 0.983 bits per heavy atom. The van der Waals surface area contributed by atoms with Crippen molar-refractivity contribution in [1.29, 1.82) is 0 Å². The van der Waals surface area contributed by atoms with E-state index in [1.54, 1.807) is 19.2 Å². The van der Waals surface area contributed by atoms with Crippen LogP contribution < -0.4 is 29.0 Å². The highest BCUT2D eigenvalue weighted by Gasteiger charge is 2.61. The van der Waals surface area contributed by atoms with E-state index in [1.165, 1.54) is 18.9 Å². The number of piperazine rings is 1. The van der Waals surface area contributed by atoms with Gasteiger partial charge in [-0.3, -0.25) is 19.9 Å². The minimum absolute atomic E-state index is 0.0172. The third-order valence-corrected chi connectivity index (χ3v) is 15.2. The largest absolute Gasteiger partial charge is 0.504 e. The number of likely N-dealkylation sites (N-methyl/N-ethyl adjacent to an activating group) is 1. The second-order valence-corrected chi connectivity index (χ2v) is 18.1. The van der Waals surface area contributed by atoms with Crippen LogP contribution in [-0.2, 0) is 32.7 Å². The van der Waals surface area contributed by atoms with E-state index in [-0.39, 0.29) is 48.8 Å². The Labute approximate surface area is 354 Å². The van der Waals surface area contributed by atoms with Crippen molar-refractivity contribution in [3.63, 3.8) is 0 Å². The number of thioether (sulfide) groups is 1. The Balaban J connectivity index is 1.27. The Bertz CT molecular complexity index is 2230. The van der Waals surface area contributed by atoms with Gasteiger partial charge in [0, 0.05) is 47.0 Å². The molecule has 15 heteroatoms. The smallest absolute Gasteiger partial charge is 0.331 e. The highest BCUT2D eigenvalue weighted by Crippen LogP contribution is 2.64. The molecule has 0 aromatic heterocycles. The Morgan fingerprint density at radius 3 is 2.53 bits per heavy atom. The van der Waals surface area contributed by atoms with Crippen molar-refractivity contribution in [3.8, 4) is 40.2 Å². The number of unbranched alkanes of at least 4 members (excludes halogenated alkanes) is 4. The number of hydrogen-bond acceptors (Lipinski definition) is 15. The number of methoxy groups -OCH3 is 2. The van der Waals surface area contributed by atoms with Crippen molar-refractivity contribution < 1.29 is 53.3 Å². The standard InChI is InChI=1S/C45H55N3O11S/c1-7-8-9-10-11-12-31(50)59-39-23(3)40-41(58-21-57-40)33-28-19-56-44(53)45(26-18-30(54-5)29(49)17-24(26)13-14-46-45)20-60-42(34(33)39)36-35-32-25(15-22(2)38(55-6)37(32)51)16-27(47(35)4)43(52)48(28)36/h15,17-18,27-28,35-36,42-43,46,49,51-52H,7-14,16,19-21H2,1-6H3/t27-,28-,35+,36+,42-,43-,45-/m0/s1. The van der Waals surface area contributed by atoms with Crippen molar-refractivity contribution in [2.24, 2.45) is 0 Å². The van der Waals surface area contributed by atoms with Gasteiger partial charge in [-0.05, 0) is 74.5 Å². The molecule has 2 fully saturated rings. The van der Waals surface area contributed by atoms with Gasteiger partial charge >= 0.3 is 11.9 Å². The molecule has 4 bridgehead atoms. The molecule has 0 radical (unpaired) electrons. The molecule has 0 amide bonds. The Hall–Kier alpha value is -4.41. The number of aliphatic hydroxyl groups is 1. The maximum Gasteiger partial charge on any atom is 0.331 e. The Morgan fingerprint density at radius 2 is 1.77 bits per heavy atom. The number of esters is 2. The molecule has 7 aliphatic heterocycles. The number of aliphatic hydroxyl groups excluding tert-OH is 1. The zero-order chi connectivity index (χ0) is 42.2. The molecule has 322 valence electrons. The monoisotopic (exact) mass is 845 g/mol. The SMILES string of the molecule is CCCCCCCC(=O)Oc1c(C)c2c(c3c1[C@@H]1SC[C@@]4(NCCc5cc(O)c(OC)cc54)C(=O)OC[C@@H]3N3[C@@H]1[C@H]1c4c(cc(C)c(OC)c4O)C[C@@H]([C@@H]3O)N1C)OCO2. The second kappa shape index (κ2) is 15.8. The van der Waals surface area contributed by atoms with Crippen LogP contribution in [0.4, 0.5) is 0 Å². The number of aryl methyl sites for hydroxylation is 1. The topological polar surface area (TPSA) is 169 Å². The normalized spacial score (nSPS) is 27.7. The van der Waals surface area contributed by atoms with Gasteiger partial charge in [-0.25, -0.2) is 4.79 Å².